The molecule has 13 rings (SSSR count). The van der Waals surface area contributed by atoms with Gasteiger partial charge in [-0.2, -0.15) is 5.26 Å². The maximum atomic E-state index is 11.9. The number of hydrogen-bond donors (Lipinski definition) is 0. The van der Waals surface area contributed by atoms with Crippen LogP contribution in [0, 0.1) is 24.8 Å². The number of nitriles is 1. The average Bonchev–Trinajstić information content (AvgIpc) is 4.24. The third-order valence-corrected chi connectivity index (χ3v) is 13.8. The monoisotopic (exact) mass is 910 g/mol. The van der Waals surface area contributed by atoms with Crippen molar-refractivity contribution in [1.29, 1.82) is 5.26 Å². The quantitative estimate of drug-likeness (QED) is 0.121. The van der Waals surface area contributed by atoms with E-state index < -0.39 is 14.5 Å². The molecular weight excluding hydrogens is 870 g/mol. The van der Waals surface area contributed by atoms with Crippen molar-refractivity contribution in [2.24, 2.45) is 14.1 Å². The van der Waals surface area contributed by atoms with Gasteiger partial charge in [-0.3, -0.25) is 0 Å². The fourth-order valence-corrected chi connectivity index (χ4v) is 10.8. The van der Waals surface area contributed by atoms with Crippen LogP contribution < -0.4 is 29.3 Å². The molecule has 0 N–H and O–H groups in total. The minimum Gasteiger partial charge on any atom is -0.503 e. The molecule has 0 saturated heterocycles. The van der Waals surface area contributed by atoms with Gasteiger partial charge in [-0.15, -0.1) is 0 Å². The molecule has 334 valence electrons. The van der Waals surface area contributed by atoms with Crippen LogP contribution in [0.2, 0.25) is 0 Å². The Balaban J connectivity index is 1.29. The van der Waals surface area contributed by atoms with E-state index in [4.69, 9.17) is 28.6 Å². The van der Waals surface area contributed by atoms with Gasteiger partial charge >= 0.3 is 14.5 Å². The maximum Gasteiger partial charge on any atom is 0.743 e. The third kappa shape index (κ3) is 5.83. The number of nitrogens with zero attached hydrogens (tertiary/aromatic N) is 8. The molecule has 2 aliphatic rings. The number of fused-ring (bicyclic) bond motifs is 9. The predicted octanol–water partition coefficient (Wildman–Crippen LogP) is 10.0. The van der Waals surface area contributed by atoms with Gasteiger partial charge in [-0.05, 0) is 65.6 Å². The van der Waals surface area contributed by atoms with Gasteiger partial charge in [0.1, 0.15) is 40.5 Å². The van der Waals surface area contributed by atoms with Crippen LogP contribution in [-0.2, 0) is 14.1 Å². The number of aromatic nitrogens is 6. The van der Waals surface area contributed by atoms with Crippen molar-refractivity contribution >= 4 is 80.2 Å². The highest BCUT2D eigenvalue weighted by molar-refractivity contribution is 6.49. The maximum absolute atomic E-state index is 11.9. The molecule has 0 unspecified atom stereocenters. The molecule has 14 heteroatoms. The molecule has 70 heavy (non-hydrogen) atoms. The topological polar surface area (TPSA) is 111 Å². The molecule has 11 aromatic rings. The summed E-state index contributed by atoms with van der Waals surface area (Å²) in [4.78, 5) is 15.0. The van der Waals surface area contributed by atoms with Gasteiger partial charge in [0.2, 0.25) is 0 Å². The van der Waals surface area contributed by atoms with E-state index in [9.17, 15) is 11.8 Å². The van der Waals surface area contributed by atoms with Gasteiger partial charge in [0.15, 0.2) is 5.82 Å². The number of aryl methyl sites for hydroxylation is 3. The van der Waals surface area contributed by atoms with E-state index in [1.165, 1.54) is 0 Å². The standard InChI is InChI=1S/C56H40B2N8O4/c1-32(2)49-46-47(53(65(49)57-67-42-23-13-14-24-43(42)68-57)39(31-59)55-61-40-29-27-34-18-8-11-21-37(34)50(40)63(55)5)52(36-20-10-7-17-33(36)3)66(58-69-44-25-15-16-26-45(44)70-58)54(46)48(60-4)56-62-41-30-28-35-19-9-12-22-38(35)51(41)64(56)6/h7-30,32H,1-3,5-6H3/b53-39-,54-48+. The SMILES string of the molecule is [C-]#[N+]/C(c1nc2ccc3ccccc3c2n1C)=c1\c2c(C(C)C)n(B3Oc4ccccc4O3)/c(=C(/C#N)c3nc4ccc5ccccc5c4n3C)c2c(-c2ccccc2C)n1B1Oc2ccccc2O1. The zero-order valence-corrected chi connectivity index (χ0v) is 38.8. The van der Waals surface area contributed by atoms with E-state index in [1.807, 2.05) is 129 Å². The van der Waals surface area contributed by atoms with Crippen LogP contribution in [0.3, 0.4) is 0 Å². The van der Waals surface area contributed by atoms with E-state index in [0.29, 0.717) is 61.8 Å². The molecule has 2 aliphatic heterocycles. The molecule has 0 radical (unpaired) electrons. The van der Waals surface area contributed by atoms with E-state index in [-0.39, 0.29) is 17.2 Å². The molecule has 6 heterocycles. The molecule has 0 atom stereocenters. The van der Waals surface area contributed by atoms with Crippen molar-refractivity contribution in [3.63, 3.8) is 0 Å². The lowest BCUT2D eigenvalue weighted by Crippen LogP contribution is -2.45. The summed E-state index contributed by atoms with van der Waals surface area (Å²) in [5, 5.41) is 18.4. The highest BCUT2D eigenvalue weighted by atomic mass is 16.6. The summed E-state index contributed by atoms with van der Waals surface area (Å²) in [7, 11) is 1.75. The van der Waals surface area contributed by atoms with Gasteiger partial charge in [-0.1, -0.05) is 123 Å². The second kappa shape index (κ2) is 15.5. The van der Waals surface area contributed by atoms with Crippen molar-refractivity contribution in [3.8, 4) is 40.3 Å². The van der Waals surface area contributed by atoms with Crippen molar-refractivity contribution in [2.45, 2.75) is 26.7 Å². The Bertz CT molecular complexity index is 4090. The lowest BCUT2D eigenvalue weighted by molar-refractivity contribution is 0.473. The molecule has 0 amide bonds. The van der Waals surface area contributed by atoms with Crippen LogP contribution in [0.15, 0.2) is 146 Å². The number of imidazole rings is 2. The highest BCUT2D eigenvalue weighted by Crippen LogP contribution is 2.41. The van der Waals surface area contributed by atoms with Crippen LogP contribution >= 0.6 is 0 Å². The molecule has 7 aromatic carbocycles. The Kier molecular flexibility index (Phi) is 9.07. The molecule has 12 nitrogen and oxygen atoms in total. The van der Waals surface area contributed by atoms with Crippen LogP contribution in [0.4, 0.5) is 0 Å². The smallest absolute Gasteiger partial charge is 0.503 e. The first-order valence-corrected chi connectivity index (χ1v) is 23.2. The van der Waals surface area contributed by atoms with Crippen molar-refractivity contribution in [1.82, 2.24) is 28.1 Å². The Labute approximate surface area is 402 Å². The van der Waals surface area contributed by atoms with Crippen LogP contribution in [0.1, 0.15) is 42.7 Å². The summed E-state index contributed by atoms with van der Waals surface area (Å²) < 4.78 is 35.3. The van der Waals surface area contributed by atoms with Crippen LogP contribution in [0.25, 0.3) is 81.8 Å². The fourth-order valence-electron chi connectivity index (χ4n) is 10.8. The van der Waals surface area contributed by atoms with Gasteiger partial charge in [0.05, 0.1) is 45.0 Å². The van der Waals surface area contributed by atoms with Gasteiger partial charge in [0.25, 0.3) is 5.70 Å². The average molecular weight is 911 g/mol. The third-order valence-electron chi connectivity index (χ3n) is 13.8. The molecule has 0 bridgehead atoms. The highest BCUT2D eigenvalue weighted by Gasteiger charge is 2.45. The molecule has 0 aliphatic carbocycles. The lowest BCUT2D eigenvalue weighted by Gasteiger charge is -2.18. The molecule has 0 fully saturated rings. The summed E-state index contributed by atoms with van der Waals surface area (Å²) in [6.07, 6.45) is 0. The van der Waals surface area contributed by atoms with Crippen molar-refractivity contribution < 1.29 is 18.6 Å². The second-order valence-electron chi connectivity index (χ2n) is 18.1. The lowest BCUT2D eigenvalue weighted by atomic mass is 9.99. The number of para-hydroxylation sites is 4. The van der Waals surface area contributed by atoms with Gasteiger partial charge in [-0.25, -0.2) is 14.8 Å². The minimum absolute atomic E-state index is 0.255. The first-order chi connectivity index (χ1) is 34.2. The van der Waals surface area contributed by atoms with Crippen molar-refractivity contribution in [3.05, 3.63) is 191 Å². The van der Waals surface area contributed by atoms with E-state index in [1.54, 1.807) is 0 Å². The zero-order valence-electron chi connectivity index (χ0n) is 38.8. The summed E-state index contributed by atoms with van der Waals surface area (Å²) in [6.45, 7) is 15.6. The van der Waals surface area contributed by atoms with Crippen molar-refractivity contribution in [2.75, 3.05) is 0 Å². The number of benzene rings is 7. The largest absolute Gasteiger partial charge is 0.743 e. The summed E-state index contributed by atoms with van der Waals surface area (Å²) in [6, 6.07) is 50.5. The second-order valence-corrected chi connectivity index (χ2v) is 18.1. The van der Waals surface area contributed by atoms with E-state index >= 15 is 0 Å². The van der Waals surface area contributed by atoms with Gasteiger partial charge < -0.3 is 36.7 Å². The first-order valence-electron chi connectivity index (χ1n) is 23.2. The molecule has 0 saturated carbocycles. The first kappa shape index (κ1) is 41.1. The van der Waals surface area contributed by atoms with E-state index in [2.05, 4.69) is 80.2 Å². The zero-order chi connectivity index (χ0) is 47.5. The summed E-state index contributed by atoms with van der Waals surface area (Å²) >= 11 is 0. The van der Waals surface area contributed by atoms with Crippen LogP contribution in [0.5, 0.6) is 23.0 Å². The van der Waals surface area contributed by atoms with Crippen LogP contribution in [-0.4, -0.2) is 42.6 Å². The Hall–Kier alpha value is -9.13. The fraction of sp³-hybridized carbons (Fsp3) is 0.107. The predicted molar refractivity (Wildman–Crippen MR) is 275 cm³/mol. The normalized spacial score (nSPS) is 13.9. The summed E-state index contributed by atoms with van der Waals surface area (Å²) in [5.74, 6) is 2.89. The summed E-state index contributed by atoms with van der Waals surface area (Å²) in [5.41, 5.74) is 6.99. The Morgan fingerprint density at radius 1 is 0.600 bits per heavy atom. The van der Waals surface area contributed by atoms with E-state index in [0.717, 1.165) is 60.4 Å². The number of hydrogen-bond acceptors (Lipinski definition) is 7. The Morgan fingerprint density at radius 3 is 1.61 bits per heavy atom. The van der Waals surface area contributed by atoms with Gasteiger partial charge in [0, 0.05) is 46.9 Å². The minimum atomic E-state index is -1.10. The Morgan fingerprint density at radius 2 is 1.09 bits per heavy atom. The molecule has 4 aromatic heterocycles. The number of rotatable bonds is 6. The molecular formula is C56H40B2N8O4. The molecule has 0 spiro atoms.